The Kier molecular flexibility index (Phi) is 4.81. The van der Waals surface area contributed by atoms with Gasteiger partial charge in [0.25, 0.3) is 5.91 Å². The van der Waals surface area contributed by atoms with Crippen LogP contribution in [0.4, 0.5) is 0 Å². The lowest BCUT2D eigenvalue weighted by atomic mass is 10.0. The van der Waals surface area contributed by atoms with Crippen molar-refractivity contribution in [3.63, 3.8) is 0 Å². The number of alkyl halides is 1. The van der Waals surface area contributed by atoms with Crippen LogP contribution in [0.25, 0.3) is 0 Å². The smallest absolute Gasteiger partial charge is 0.251 e. The van der Waals surface area contributed by atoms with Gasteiger partial charge in [-0.25, -0.2) is 0 Å². The maximum absolute atomic E-state index is 11.9. The minimum Gasteiger partial charge on any atom is -0.347 e. The predicted octanol–water partition coefficient (Wildman–Crippen LogP) is 3.63. The molecule has 0 atom stereocenters. The molecular formula is C12H15BrClNO. The molecule has 4 heteroatoms. The number of hydrogen-bond donors (Lipinski definition) is 1. The number of benzene rings is 1. The quantitative estimate of drug-likeness (QED) is 0.846. The highest BCUT2D eigenvalue weighted by molar-refractivity contribution is 9.09. The van der Waals surface area contributed by atoms with Crippen molar-refractivity contribution in [2.75, 3.05) is 5.33 Å². The lowest BCUT2D eigenvalue weighted by Gasteiger charge is -2.25. The molecule has 1 aromatic rings. The average molecular weight is 305 g/mol. The number of amides is 1. The first-order chi connectivity index (χ1) is 7.44. The normalized spacial score (nSPS) is 11.2. The molecule has 1 aromatic carbocycles. The van der Waals surface area contributed by atoms with Crippen LogP contribution < -0.4 is 5.32 Å². The second kappa shape index (κ2) is 5.69. The number of halogens is 2. The number of rotatable bonds is 4. The molecule has 0 aromatic heterocycles. The number of carbonyl (C=O) groups excluding carboxylic acids is 1. The Balaban J connectivity index is 2.69. The fraction of sp³-hybridized carbons (Fsp3) is 0.417. The first kappa shape index (κ1) is 13.5. The van der Waals surface area contributed by atoms with Crippen molar-refractivity contribution in [2.45, 2.75) is 25.8 Å². The molecule has 0 spiro atoms. The molecule has 0 fully saturated rings. The Morgan fingerprint density at radius 2 is 1.94 bits per heavy atom. The monoisotopic (exact) mass is 303 g/mol. The van der Waals surface area contributed by atoms with Gasteiger partial charge in [0.05, 0.1) is 0 Å². The van der Waals surface area contributed by atoms with Crippen LogP contribution in [-0.4, -0.2) is 16.8 Å². The van der Waals surface area contributed by atoms with E-state index in [-0.39, 0.29) is 11.4 Å². The van der Waals surface area contributed by atoms with Crippen molar-refractivity contribution >= 4 is 33.4 Å². The van der Waals surface area contributed by atoms with Crippen LogP contribution in [0.3, 0.4) is 0 Å². The van der Waals surface area contributed by atoms with E-state index >= 15 is 0 Å². The summed E-state index contributed by atoms with van der Waals surface area (Å²) < 4.78 is 0. The largest absolute Gasteiger partial charge is 0.347 e. The minimum atomic E-state index is -0.208. The van der Waals surface area contributed by atoms with Crippen molar-refractivity contribution < 1.29 is 4.79 Å². The van der Waals surface area contributed by atoms with Crippen LogP contribution >= 0.6 is 27.5 Å². The Morgan fingerprint density at radius 1 is 1.38 bits per heavy atom. The second-order valence-electron chi connectivity index (χ2n) is 4.28. The SMILES string of the molecule is CC(C)(CCBr)NC(=O)c1ccc(Cl)cc1. The van der Waals surface area contributed by atoms with Gasteiger partial charge in [-0.2, -0.15) is 0 Å². The highest BCUT2D eigenvalue weighted by Crippen LogP contribution is 2.13. The lowest BCUT2D eigenvalue weighted by molar-refractivity contribution is 0.0912. The van der Waals surface area contributed by atoms with Crippen LogP contribution in [0.2, 0.25) is 5.02 Å². The number of hydrogen-bond acceptors (Lipinski definition) is 1. The summed E-state index contributed by atoms with van der Waals surface area (Å²) in [6.07, 6.45) is 0.881. The van der Waals surface area contributed by atoms with E-state index in [4.69, 9.17) is 11.6 Å². The summed E-state index contributed by atoms with van der Waals surface area (Å²) in [5, 5.41) is 4.48. The summed E-state index contributed by atoms with van der Waals surface area (Å²) in [7, 11) is 0. The van der Waals surface area contributed by atoms with Gasteiger partial charge in [0, 0.05) is 21.5 Å². The molecule has 0 radical (unpaired) electrons. The van der Waals surface area contributed by atoms with Gasteiger partial charge in [-0.05, 0) is 44.5 Å². The van der Waals surface area contributed by atoms with Crippen molar-refractivity contribution in [3.8, 4) is 0 Å². The fourth-order valence-electron chi connectivity index (χ4n) is 1.28. The van der Waals surface area contributed by atoms with E-state index < -0.39 is 0 Å². The van der Waals surface area contributed by atoms with E-state index in [1.807, 2.05) is 13.8 Å². The van der Waals surface area contributed by atoms with Gasteiger partial charge in [-0.3, -0.25) is 4.79 Å². The standard InChI is InChI=1S/C12H15BrClNO/c1-12(2,7-8-13)15-11(16)9-3-5-10(14)6-4-9/h3-6H,7-8H2,1-2H3,(H,15,16). The Hall–Kier alpha value is -0.540. The van der Waals surface area contributed by atoms with E-state index in [0.717, 1.165) is 11.8 Å². The van der Waals surface area contributed by atoms with Gasteiger partial charge in [-0.1, -0.05) is 27.5 Å². The van der Waals surface area contributed by atoms with Gasteiger partial charge < -0.3 is 5.32 Å². The third-order valence-electron chi connectivity index (χ3n) is 2.28. The highest BCUT2D eigenvalue weighted by atomic mass is 79.9. The first-order valence-corrected chi connectivity index (χ1v) is 6.58. The second-order valence-corrected chi connectivity index (χ2v) is 5.51. The van der Waals surface area contributed by atoms with E-state index in [1.165, 1.54) is 0 Å². The number of carbonyl (C=O) groups is 1. The summed E-state index contributed by atoms with van der Waals surface area (Å²) in [4.78, 5) is 11.9. The van der Waals surface area contributed by atoms with Crippen molar-refractivity contribution in [1.29, 1.82) is 0 Å². The molecule has 1 N–H and O–H groups in total. The van der Waals surface area contributed by atoms with Crippen molar-refractivity contribution in [2.24, 2.45) is 0 Å². The molecule has 0 unspecified atom stereocenters. The molecule has 0 heterocycles. The zero-order valence-corrected chi connectivity index (χ0v) is 11.7. The Bertz CT molecular complexity index is 362. The van der Waals surface area contributed by atoms with Gasteiger partial charge >= 0.3 is 0 Å². The van der Waals surface area contributed by atoms with Gasteiger partial charge in [0.1, 0.15) is 0 Å². The Morgan fingerprint density at radius 3 is 2.44 bits per heavy atom. The average Bonchev–Trinajstić information content (AvgIpc) is 2.17. The van der Waals surface area contributed by atoms with Gasteiger partial charge in [-0.15, -0.1) is 0 Å². The van der Waals surface area contributed by atoms with Crippen LogP contribution in [0.5, 0.6) is 0 Å². The summed E-state index contributed by atoms with van der Waals surface area (Å²) in [5.74, 6) is -0.0670. The molecule has 16 heavy (non-hydrogen) atoms. The van der Waals surface area contributed by atoms with E-state index in [0.29, 0.717) is 10.6 Å². The van der Waals surface area contributed by atoms with E-state index in [1.54, 1.807) is 24.3 Å². The number of nitrogens with one attached hydrogen (secondary N) is 1. The van der Waals surface area contributed by atoms with Crippen LogP contribution in [-0.2, 0) is 0 Å². The lowest BCUT2D eigenvalue weighted by Crippen LogP contribution is -2.43. The van der Waals surface area contributed by atoms with Crippen molar-refractivity contribution in [3.05, 3.63) is 34.9 Å². The van der Waals surface area contributed by atoms with Gasteiger partial charge in [0.15, 0.2) is 0 Å². The molecule has 1 amide bonds. The maximum atomic E-state index is 11.9. The van der Waals surface area contributed by atoms with Crippen LogP contribution in [0.15, 0.2) is 24.3 Å². The Labute approximate surface area is 110 Å². The molecule has 2 nitrogen and oxygen atoms in total. The summed E-state index contributed by atoms with van der Waals surface area (Å²) in [6.45, 7) is 4.00. The molecule has 0 aliphatic heterocycles. The molecule has 0 aliphatic carbocycles. The van der Waals surface area contributed by atoms with Crippen LogP contribution in [0, 0.1) is 0 Å². The third kappa shape index (κ3) is 4.14. The zero-order chi connectivity index (χ0) is 12.2. The maximum Gasteiger partial charge on any atom is 0.251 e. The van der Waals surface area contributed by atoms with E-state index in [9.17, 15) is 4.79 Å². The van der Waals surface area contributed by atoms with Crippen LogP contribution in [0.1, 0.15) is 30.6 Å². The first-order valence-electron chi connectivity index (χ1n) is 5.09. The topological polar surface area (TPSA) is 29.1 Å². The molecule has 88 valence electrons. The highest BCUT2D eigenvalue weighted by Gasteiger charge is 2.20. The predicted molar refractivity (Wildman–Crippen MR) is 71.4 cm³/mol. The molecule has 1 rings (SSSR count). The zero-order valence-electron chi connectivity index (χ0n) is 9.39. The molecule has 0 aliphatic rings. The van der Waals surface area contributed by atoms with Gasteiger partial charge in [0.2, 0.25) is 0 Å². The van der Waals surface area contributed by atoms with E-state index in [2.05, 4.69) is 21.2 Å². The summed E-state index contributed by atoms with van der Waals surface area (Å²) in [5.41, 5.74) is 0.423. The molecule has 0 saturated carbocycles. The van der Waals surface area contributed by atoms with Crippen molar-refractivity contribution in [1.82, 2.24) is 5.32 Å². The fourth-order valence-corrected chi connectivity index (χ4v) is 2.40. The molecular weight excluding hydrogens is 289 g/mol. The molecule has 0 saturated heterocycles. The minimum absolute atomic E-state index is 0.0670. The summed E-state index contributed by atoms with van der Waals surface area (Å²) in [6, 6.07) is 6.88. The molecule has 0 bridgehead atoms. The summed E-state index contributed by atoms with van der Waals surface area (Å²) >= 11 is 9.13. The third-order valence-corrected chi connectivity index (χ3v) is 2.93.